The zero-order chi connectivity index (χ0) is 13.8. The predicted molar refractivity (Wildman–Crippen MR) is 73.9 cm³/mol. The molecular weight excluding hydrogens is 274 g/mol. The average molecular weight is 283 g/mol. The number of rotatable bonds is 4. The molecule has 0 aliphatic heterocycles. The molecule has 6 nitrogen and oxygen atoms in total. The molecule has 3 aromatic heterocycles. The molecule has 3 rings (SSSR count). The molecule has 3 aromatic rings. The van der Waals surface area contributed by atoms with E-state index < -0.39 is 0 Å². The molecular formula is C13H9N5OS. The van der Waals surface area contributed by atoms with Crippen LogP contribution in [-0.2, 0) is 6.54 Å². The van der Waals surface area contributed by atoms with Crippen LogP contribution in [0.5, 0.6) is 0 Å². The average Bonchev–Trinajstić information content (AvgIpc) is 3.16. The third kappa shape index (κ3) is 2.65. The number of nitrogens with zero attached hydrogens (tertiary/aromatic N) is 4. The molecule has 0 aliphatic rings. The molecule has 20 heavy (non-hydrogen) atoms. The molecule has 0 saturated heterocycles. The molecule has 3 heterocycles. The van der Waals surface area contributed by atoms with E-state index in [4.69, 9.17) is 9.68 Å². The van der Waals surface area contributed by atoms with Crippen LogP contribution >= 0.6 is 11.3 Å². The molecule has 0 amide bonds. The third-order valence-electron chi connectivity index (χ3n) is 2.51. The minimum absolute atomic E-state index is 0.289. The minimum atomic E-state index is 0.289. The summed E-state index contributed by atoms with van der Waals surface area (Å²) in [6.45, 7) is 0.482. The number of hydrogen-bond acceptors (Lipinski definition) is 7. The quantitative estimate of drug-likeness (QED) is 0.792. The van der Waals surface area contributed by atoms with Gasteiger partial charge in [-0.2, -0.15) is 5.26 Å². The largest absolute Gasteiger partial charge is 0.443 e. The van der Waals surface area contributed by atoms with E-state index in [9.17, 15) is 0 Å². The Balaban J connectivity index is 1.65. The molecule has 0 spiro atoms. The van der Waals surface area contributed by atoms with Crippen molar-refractivity contribution in [3.63, 3.8) is 0 Å². The van der Waals surface area contributed by atoms with E-state index in [2.05, 4.69) is 20.5 Å². The summed E-state index contributed by atoms with van der Waals surface area (Å²) in [6.07, 6.45) is 1.61. The van der Waals surface area contributed by atoms with Gasteiger partial charge in [0.05, 0.1) is 17.1 Å². The zero-order valence-corrected chi connectivity index (χ0v) is 11.1. The summed E-state index contributed by atoms with van der Waals surface area (Å²) < 4.78 is 5.41. The van der Waals surface area contributed by atoms with Gasteiger partial charge in [-0.1, -0.05) is 6.07 Å². The number of nitriles is 1. The van der Waals surface area contributed by atoms with Crippen LogP contribution < -0.4 is 5.32 Å². The van der Waals surface area contributed by atoms with Crippen LogP contribution in [0.2, 0.25) is 0 Å². The van der Waals surface area contributed by atoms with Gasteiger partial charge in [-0.05, 0) is 23.6 Å². The molecule has 0 bridgehead atoms. The van der Waals surface area contributed by atoms with Crippen molar-refractivity contribution in [3.8, 4) is 16.8 Å². The Morgan fingerprint density at radius 1 is 1.30 bits per heavy atom. The molecule has 0 aromatic carbocycles. The van der Waals surface area contributed by atoms with Crippen LogP contribution in [0.3, 0.4) is 0 Å². The zero-order valence-electron chi connectivity index (χ0n) is 10.3. The first-order valence-corrected chi connectivity index (χ1v) is 6.69. The van der Waals surface area contributed by atoms with Crippen molar-refractivity contribution in [1.29, 1.82) is 5.26 Å². The molecule has 0 unspecified atom stereocenters. The predicted octanol–water partition coefficient (Wildman–Crippen LogP) is 2.68. The lowest BCUT2D eigenvalue weighted by Gasteiger charge is -2.00. The van der Waals surface area contributed by atoms with E-state index in [1.54, 1.807) is 29.7 Å². The van der Waals surface area contributed by atoms with E-state index >= 15 is 0 Å². The van der Waals surface area contributed by atoms with E-state index in [1.807, 2.05) is 23.6 Å². The lowest BCUT2D eigenvalue weighted by atomic mass is 10.4. The van der Waals surface area contributed by atoms with Crippen molar-refractivity contribution in [3.05, 3.63) is 47.3 Å². The molecule has 0 radical (unpaired) electrons. The standard InChI is InChI=1S/C13H9N5OS/c14-6-9-3-4-12(18-17-9)15-7-10-8-19-13(16-10)11-2-1-5-20-11/h1-5,8H,7H2,(H,15,18). The summed E-state index contributed by atoms with van der Waals surface area (Å²) in [5, 5.41) is 21.3. The highest BCUT2D eigenvalue weighted by Gasteiger charge is 2.07. The first-order valence-electron chi connectivity index (χ1n) is 5.81. The topological polar surface area (TPSA) is 87.6 Å². The van der Waals surface area contributed by atoms with Crippen LogP contribution in [0.25, 0.3) is 10.8 Å². The maximum Gasteiger partial charge on any atom is 0.236 e. The van der Waals surface area contributed by atoms with Gasteiger partial charge in [0.1, 0.15) is 18.2 Å². The van der Waals surface area contributed by atoms with E-state index in [1.165, 1.54) is 0 Å². The number of oxazole rings is 1. The van der Waals surface area contributed by atoms with Gasteiger partial charge in [0.15, 0.2) is 5.69 Å². The second-order valence-electron chi connectivity index (χ2n) is 3.89. The molecule has 0 fully saturated rings. The van der Waals surface area contributed by atoms with Gasteiger partial charge in [-0.3, -0.25) is 0 Å². The van der Waals surface area contributed by atoms with Gasteiger partial charge in [0.25, 0.3) is 0 Å². The summed E-state index contributed by atoms with van der Waals surface area (Å²) in [4.78, 5) is 5.38. The highest BCUT2D eigenvalue weighted by atomic mass is 32.1. The fourth-order valence-electron chi connectivity index (χ4n) is 1.57. The number of hydrogen-bond donors (Lipinski definition) is 1. The number of anilines is 1. The van der Waals surface area contributed by atoms with Gasteiger partial charge >= 0.3 is 0 Å². The molecule has 1 N–H and O–H groups in total. The summed E-state index contributed by atoms with van der Waals surface area (Å²) in [5.74, 6) is 1.20. The number of nitrogens with one attached hydrogen (secondary N) is 1. The fourth-order valence-corrected chi connectivity index (χ4v) is 2.22. The monoisotopic (exact) mass is 283 g/mol. The Labute approximate surface area is 118 Å². The highest BCUT2D eigenvalue weighted by Crippen LogP contribution is 2.23. The molecule has 98 valence electrons. The third-order valence-corrected chi connectivity index (χ3v) is 3.37. The van der Waals surface area contributed by atoms with Crippen molar-refractivity contribution in [2.24, 2.45) is 0 Å². The van der Waals surface area contributed by atoms with Gasteiger partial charge in [-0.25, -0.2) is 4.98 Å². The highest BCUT2D eigenvalue weighted by molar-refractivity contribution is 7.13. The summed E-state index contributed by atoms with van der Waals surface area (Å²) in [7, 11) is 0. The lowest BCUT2D eigenvalue weighted by molar-refractivity contribution is 0.574. The minimum Gasteiger partial charge on any atom is -0.443 e. The Bertz CT molecular complexity index is 727. The molecule has 7 heteroatoms. The Kier molecular flexibility index (Phi) is 3.39. The second-order valence-corrected chi connectivity index (χ2v) is 4.84. The molecule has 0 atom stereocenters. The summed E-state index contributed by atoms with van der Waals surface area (Å²) >= 11 is 1.58. The fraction of sp³-hybridized carbons (Fsp3) is 0.0769. The maximum absolute atomic E-state index is 8.64. The van der Waals surface area contributed by atoms with Crippen molar-refractivity contribution >= 4 is 17.2 Å². The first kappa shape index (κ1) is 12.3. The Hall–Kier alpha value is -2.72. The Morgan fingerprint density at radius 3 is 2.95 bits per heavy atom. The Morgan fingerprint density at radius 2 is 2.25 bits per heavy atom. The van der Waals surface area contributed by atoms with Crippen LogP contribution in [0, 0.1) is 11.3 Å². The number of aromatic nitrogens is 3. The first-order chi connectivity index (χ1) is 9.85. The van der Waals surface area contributed by atoms with E-state index in [-0.39, 0.29) is 5.69 Å². The smallest absolute Gasteiger partial charge is 0.236 e. The van der Waals surface area contributed by atoms with Gasteiger partial charge in [0.2, 0.25) is 5.89 Å². The summed E-state index contributed by atoms with van der Waals surface area (Å²) in [6, 6.07) is 9.14. The normalized spacial score (nSPS) is 10.2. The van der Waals surface area contributed by atoms with Crippen LogP contribution in [0.4, 0.5) is 5.82 Å². The summed E-state index contributed by atoms with van der Waals surface area (Å²) in [5.41, 5.74) is 1.07. The van der Waals surface area contributed by atoms with E-state index in [0.29, 0.717) is 18.3 Å². The van der Waals surface area contributed by atoms with Crippen LogP contribution in [-0.4, -0.2) is 15.2 Å². The molecule has 0 saturated carbocycles. The van der Waals surface area contributed by atoms with Gasteiger partial charge in [-0.15, -0.1) is 21.5 Å². The van der Waals surface area contributed by atoms with Crippen LogP contribution in [0.1, 0.15) is 11.4 Å². The van der Waals surface area contributed by atoms with E-state index in [0.717, 1.165) is 10.6 Å². The lowest BCUT2D eigenvalue weighted by Crippen LogP contribution is -2.03. The van der Waals surface area contributed by atoms with Crippen LogP contribution in [0.15, 0.2) is 40.3 Å². The van der Waals surface area contributed by atoms with Crippen molar-refractivity contribution in [1.82, 2.24) is 15.2 Å². The van der Waals surface area contributed by atoms with Crippen molar-refractivity contribution in [2.75, 3.05) is 5.32 Å². The molecule has 0 aliphatic carbocycles. The SMILES string of the molecule is N#Cc1ccc(NCc2coc(-c3cccs3)n2)nn1. The number of thiophene rings is 1. The van der Waals surface area contributed by atoms with Gasteiger partial charge in [0, 0.05) is 0 Å². The van der Waals surface area contributed by atoms with Crippen molar-refractivity contribution < 1.29 is 4.42 Å². The van der Waals surface area contributed by atoms with Crippen molar-refractivity contribution in [2.45, 2.75) is 6.54 Å². The second kappa shape index (κ2) is 5.50. The maximum atomic E-state index is 8.64. The van der Waals surface area contributed by atoms with Gasteiger partial charge < -0.3 is 9.73 Å².